The number of rotatable bonds is 6. The highest BCUT2D eigenvalue weighted by Gasteiger charge is 2.36. The lowest BCUT2D eigenvalue weighted by atomic mass is 9.82. The molecule has 33 heavy (non-hydrogen) atoms. The van der Waals surface area contributed by atoms with Gasteiger partial charge in [-0.05, 0) is 54.6 Å². The molecule has 1 N–H and O–H groups in total. The molecule has 1 aromatic heterocycles. The number of hydrogen-bond donors (Lipinski definition) is 1. The van der Waals surface area contributed by atoms with Crippen LogP contribution < -0.4 is 0 Å². The second-order valence-electron chi connectivity index (χ2n) is 8.51. The van der Waals surface area contributed by atoms with Gasteiger partial charge in [0.2, 0.25) is 0 Å². The summed E-state index contributed by atoms with van der Waals surface area (Å²) in [6, 6.07) is 19.1. The van der Waals surface area contributed by atoms with Crippen LogP contribution >= 0.6 is 23.4 Å². The third-order valence-corrected chi connectivity index (χ3v) is 7.90. The van der Waals surface area contributed by atoms with Crippen molar-refractivity contribution in [1.82, 2.24) is 9.78 Å². The lowest BCUT2D eigenvalue weighted by molar-refractivity contribution is 0.0838. The summed E-state index contributed by atoms with van der Waals surface area (Å²) in [6.45, 7) is 0.0121. The fraction of sp³-hybridized carbons (Fsp3) is 0.231. The van der Waals surface area contributed by atoms with E-state index in [4.69, 9.17) is 16.7 Å². The highest BCUT2D eigenvalue weighted by molar-refractivity contribution is 7.99. The minimum Gasteiger partial charge on any atom is -0.396 e. The number of Topliss-reactive ketones (excluding diaryl/α,β-unsaturated/α-hetero) is 1. The van der Waals surface area contributed by atoms with Gasteiger partial charge < -0.3 is 5.11 Å². The summed E-state index contributed by atoms with van der Waals surface area (Å²) < 4.78 is 15.3. The first kappa shape index (κ1) is 22.1. The molecular weight excluding hydrogens is 459 g/mol. The molecular formula is C26H22ClFN2O2S. The van der Waals surface area contributed by atoms with E-state index in [9.17, 15) is 14.3 Å². The lowest BCUT2D eigenvalue weighted by Crippen LogP contribution is -2.28. The Balaban J connectivity index is 1.63. The first-order valence-corrected chi connectivity index (χ1v) is 12.3. The molecule has 1 fully saturated rings. The largest absolute Gasteiger partial charge is 0.396 e. The molecule has 0 saturated carbocycles. The Labute approximate surface area is 200 Å². The van der Waals surface area contributed by atoms with E-state index in [1.54, 1.807) is 28.6 Å². The van der Waals surface area contributed by atoms with Gasteiger partial charge in [0.25, 0.3) is 0 Å². The van der Waals surface area contributed by atoms with Crippen molar-refractivity contribution in [3.8, 4) is 16.9 Å². The maximum absolute atomic E-state index is 13.6. The van der Waals surface area contributed by atoms with Crippen LogP contribution in [-0.4, -0.2) is 38.8 Å². The van der Waals surface area contributed by atoms with Crippen molar-refractivity contribution in [3.63, 3.8) is 0 Å². The lowest BCUT2D eigenvalue weighted by Gasteiger charge is -2.24. The quantitative estimate of drug-likeness (QED) is 0.335. The summed E-state index contributed by atoms with van der Waals surface area (Å²) in [6.07, 6.45) is 1.15. The number of benzene rings is 3. The average molecular weight is 481 g/mol. The van der Waals surface area contributed by atoms with Crippen LogP contribution in [-0.2, 0) is 0 Å². The van der Waals surface area contributed by atoms with Crippen molar-refractivity contribution in [2.45, 2.75) is 12.8 Å². The molecule has 4 nitrogen and oxygen atoms in total. The number of thioether (sulfide) groups is 1. The van der Waals surface area contributed by atoms with Crippen LogP contribution in [0.15, 0.2) is 66.7 Å². The number of fused-ring (bicyclic) bond motifs is 1. The van der Waals surface area contributed by atoms with Gasteiger partial charge in [0.1, 0.15) is 11.5 Å². The summed E-state index contributed by atoms with van der Waals surface area (Å²) >= 11 is 8.24. The number of aliphatic hydroxyl groups excluding tert-OH is 1. The normalized spacial score (nSPS) is 18.2. The molecule has 1 aliphatic rings. The molecule has 2 heterocycles. The number of halogens is 2. The van der Waals surface area contributed by atoms with Crippen LogP contribution in [0.4, 0.5) is 4.39 Å². The number of carbonyl (C=O) groups is 1. The van der Waals surface area contributed by atoms with Gasteiger partial charge in [-0.2, -0.15) is 16.9 Å². The topological polar surface area (TPSA) is 55.1 Å². The smallest absolute Gasteiger partial charge is 0.163 e. The third-order valence-electron chi connectivity index (χ3n) is 6.26. The fourth-order valence-electron chi connectivity index (χ4n) is 4.33. The Morgan fingerprint density at radius 3 is 2.64 bits per heavy atom. The van der Waals surface area contributed by atoms with Crippen molar-refractivity contribution in [2.24, 2.45) is 5.41 Å². The summed E-state index contributed by atoms with van der Waals surface area (Å²) in [4.78, 5) is 13.2. The first-order valence-electron chi connectivity index (χ1n) is 10.8. The molecule has 1 atom stereocenters. The van der Waals surface area contributed by atoms with E-state index in [0.717, 1.165) is 34.4 Å². The summed E-state index contributed by atoms with van der Waals surface area (Å²) in [5.41, 5.74) is 3.12. The van der Waals surface area contributed by atoms with E-state index >= 15 is 0 Å². The van der Waals surface area contributed by atoms with E-state index in [1.807, 2.05) is 42.5 Å². The van der Waals surface area contributed by atoms with Crippen LogP contribution in [0.3, 0.4) is 0 Å². The predicted molar refractivity (Wildman–Crippen MR) is 132 cm³/mol. The Morgan fingerprint density at radius 2 is 1.94 bits per heavy atom. The maximum Gasteiger partial charge on any atom is 0.163 e. The Bertz CT molecular complexity index is 1330. The molecule has 1 unspecified atom stereocenters. The average Bonchev–Trinajstić information content (AvgIpc) is 3.45. The van der Waals surface area contributed by atoms with Crippen LogP contribution in [0.2, 0.25) is 5.02 Å². The minimum absolute atomic E-state index is 0.000371. The van der Waals surface area contributed by atoms with E-state index in [1.165, 1.54) is 12.1 Å². The van der Waals surface area contributed by atoms with E-state index in [-0.39, 0.29) is 23.6 Å². The minimum atomic E-state index is -0.351. The van der Waals surface area contributed by atoms with Crippen molar-refractivity contribution >= 4 is 40.0 Å². The summed E-state index contributed by atoms with van der Waals surface area (Å²) in [7, 11) is 0. The molecule has 168 valence electrons. The number of aliphatic hydroxyl groups is 1. The van der Waals surface area contributed by atoms with Crippen molar-refractivity contribution in [3.05, 3.63) is 83.1 Å². The molecule has 5 rings (SSSR count). The molecule has 4 aromatic rings. The maximum atomic E-state index is 13.6. The van der Waals surface area contributed by atoms with Gasteiger partial charge >= 0.3 is 0 Å². The molecule has 0 spiro atoms. The van der Waals surface area contributed by atoms with Crippen molar-refractivity contribution in [2.75, 3.05) is 18.1 Å². The Kier molecular flexibility index (Phi) is 5.99. The van der Waals surface area contributed by atoms with Gasteiger partial charge in [-0.3, -0.25) is 4.79 Å². The summed E-state index contributed by atoms with van der Waals surface area (Å²) in [5, 5.41) is 16.2. The van der Waals surface area contributed by atoms with Crippen LogP contribution in [0.25, 0.3) is 27.8 Å². The fourth-order valence-corrected chi connectivity index (χ4v) is 6.05. The molecule has 0 amide bonds. The first-order chi connectivity index (χ1) is 16.0. The van der Waals surface area contributed by atoms with Gasteiger partial charge in [0, 0.05) is 40.7 Å². The Hall–Kier alpha value is -2.67. The highest BCUT2D eigenvalue weighted by Crippen LogP contribution is 2.40. The molecule has 0 aliphatic carbocycles. The molecule has 0 bridgehead atoms. The molecule has 1 aliphatic heterocycles. The van der Waals surface area contributed by atoms with Gasteiger partial charge in [0.05, 0.1) is 16.2 Å². The predicted octanol–water partition coefficient (Wildman–Crippen LogP) is 6.17. The van der Waals surface area contributed by atoms with Crippen molar-refractivity contribution in [1.29, 1.82) is 0 Å². The van der Waals surface area contributed by atoms with Gasteiger partial charge in [-0.25, -0.2) is 9.07 Å². The zero-order valence-electron chi connectivity index (χ0n) is 17.8. The van der Waals surface area contributed by atoms with Gasteiger partial charge in [-0.1, -0.05) is 35.9 Å². The Morgan fingerprint density at radius 1 is 1.15 bits per heavy atom. The van der Waals surface area contributed by atoms with E-state index in [2.05, 4.69) is 0 Å². The zero-order chi connectivity index (χ0) is 23.0. The second-order valence-corrected chi connectivity index (χ2v) is 10.0. The molecule has 0 radical (unpaired) electrons. The molecule has 1 saturated heterocycles. The number of ketones is 1. The number of nitrogens with zero attached hydrogens (tertiary/aromatic N) is 2. The van der Waals surface area contributed by atoms with Crippen LogP contribution in [0.5, 0.6) is 0 Å². The van der Waals surface area contributed by atoms with E-state index < -0.39 is 0 Å². The van der Waals surface area contributed by atoms with Crippen LogP contribution in [0.1, 0.15) is 23.2 Å². The standard InChI is InChI=1S/C26H22ClFN2O2S/c27-22-4-2-1-3-20(22)25-21-10-5-17(24(32)14-26(15-31)11-12-33-16-26)13-23(21)30(29-25)19-8-6-18(28)7-9-19/h1-10,13,31H,11-12,14-16H2. The monoisotopic (exact) mass is 480 g/mol. The highest BCUT2D eigenvalue weighted by atomic mass is 35.5. The second kappa shape index (κ2) is 8.93. The molecule has 3 aromatic carbocycles. The zero-order valence-corrected chi connectivity index (χ0v) is 19.4. The third kappa shape index (κ3) is 4.19. The molecule has 7 heteroatoms. The van der Waals surface area contributed by atoms with E-state index in [0.29, 0.717) is 28.4 Å². The van der Waals surface area contributed by atoms with Gasteiger partial charge in [0.15, 0.2) is 5.78 Å². The van der Waals surface area contributed by atoms with Gasteiger partial charge in [-0.15, -0.1) is 0 Å². The SMILES string of the molecule is O=C(CC1(CO)CCSC1)c1ccc2c(-c3ccccc3Cl)nn(-c3ccc(F)cc3)c2c1. The summed E-state index contributed by atoms with van der Waals surface area (Å²) in [5.74, 6) is 1.42. The number of carbonyl (C=O) groups excluding carboxylic acids is 1. The number of hydrogen-bond acceptors (Lipinski definition) is 4. The number of aromatic nitrogens is 2. The van der Waals surface area contributed by atoms with Crippen molar-refractivity contribution < 1.29 is 14.3 Å². The van der Waals surface area contributed by atoms with Crippen LogP contribution in [0, 0.1) is 11.2 Å².